The minimum atomic E-state index is -0.557. The van der Waals surface area contributed by atoms with Gasteiger partial charge in [0.1, 0.15) is 12.1 Å². The van der Waals surface area contributed by atoms with E-state index >= 15 is 0 Å². The molecule has 0 radical (unpaired) electrons. The number of hydrogen-bond donors (Lipinski definition) is 2. The van der Waals surface area contributed by atoms with Crippen LogP contribution in [0.25, 0.3) is 5.76 Å². The molecule has 0 aliphatic rings. The molecule has 7 heteroatoms. The predicted molar refractivity (Wildman–Crippen MR) is 76.5 cm³/mol. The number of aliphatic hydroxyl groups is 1. The standard InChI is InChI=1S/C15H11N3O4/c19-11(8-12(20)15-16-9-17-18-15)14-13(6-7-21-14)22-10-4-2-1-3-5-10/h1-9,20H,(H,16,17,18). The van der Waals surface area contributed by atoms with Gasteiger partial charge in [0, 0.05) is 12.1 Å². The summed E-state index contributed by atoms with van der Waals surface area (Å²) in [7, 11) is 0. The van der Waals surface area contributed by atoms with Crippen molar-refractivity contribution in [2.45, 2.75) is 0 Å². The van der Waals surface area contributed by atoms with Gasteiger partial charge in [0.25, 0.3) is 0 Å². The van der Waals surface area contributed by atoms with Crippen molar-refractivity contribution in [1.82, 2.24) is 15.2 Å². The molecular formula is C15H11N3O4. The van der Waals surface area contributed by atoms with E-state index in [9.17, 15) is 9.90 Å². The highest BCUT2D eigenvalue weighted by Gasteiger charge is 2.17. The van der Waals surface area contributed by atoms with Crippen LogP contribution in [-0.2, 0) is 0 Å². The van der Waals surface area contributed by atoms with Gasteiger partial charge in [-0.05, 0) is 12.1 Å². The first-order chi connectivity index (χ1) is 10.7. The summed E-state index contributed by atoms with van der Waals surface area (Å²) < 4.78 is 10.7. The van der Waals surface area contributed by atoms with Gasteiger partial charge in [-0.2, -0.15) is 5.10 Å². The van der Waals surface area contributed by atoms with Crippen molar-refractivity contribution in [1.29, 1.82) is 0 Å². The third kappa shape index (κ3) is 2.88. The number of para-hydroxylation sites is 1. The molecule has 2 N–H and O–H groups in total. The molecule has 0 saturated heterocycles. The fourth-order valence-corrected chi connectivity index (χ4v) is 1.76. The molecule has 2 heterocycles. The van der Waals surface area contributed by atoms with Crippen molar-refractivity contribution in [3.05, 3.63) is 66.6 Å². The largest absolute Gasteiger partial charge is 0.504 e. The van der Waals surface area contributed by atoms with Crippen LogP contribution >= 0.6 is 0 Å². The topological polar surface area (TPSA) is 101 Å². The third-order valence-electron chi connectivity index (χ3n) is 2.74. The van der Waals surface area contributed by atoms with Crippen molar-refractivity contribution in [2.24, 2.45) is 0 Å². The van der Waals surface area contributed by atoms with Crippen LogP contribution in [0.5, 0.6) is 11.5 Å². The quantitative estimate of drug-likeness (QED) is 0.426. The van der Waals surface area contributed by atoms with Crippen molar-refractivity contribution < 1.29 is 19.1 Å². The van der Waals surface area contributed by atoms with E-state index in [1.54, 1.807) is 12.1 Å². The highest BCUT2D eigenvalue weighted by Crippen LogP contribution is 2.27. The van der Waals surface area contributed by atoms with Gasteiger partial charge >= 0.3 is 0 Å². The molecule has 110 valence electrons. The minimum Gasteiger partial charge on any atom is -0.504 e. The number of H-pyrrole nitrogens is 1. The molecule has 0 aliphatic carbocycles. The van der Waals surface area contributed by atoms with Crippen LogP contribution in [0, 0.1) is 0 Å². The highest BCUT2D eigenvalue weighted by atomic mass is 16.5. The normalized spacial score (nSPS) is 11.4. The van der Waals surface area contributed by atoms with E-state index in [1.165, 1.54) is 18.7 Å². The Labute approximate surface area is 124 Å². The first-order valence-corrected chi connectivity index (χ1v) is 6.35. The number of nitrogens with zero attached hydrogens (tertiary/aromatic N) is 2. The van der Waals surface area contributed by atoms with Crippen LogP contribution < -0.4 is 4.74 Å². The van der Waals surface area contributed by atoms with Crippen LogP contribution in [0.15, 0.2) is 59.5 Å². The minimum absolute atomic E-state index is 0.0189. The van der Waals surface area contributed by atoms with Crippen LogP contribution in [0.1, 0.15) is 16.4 Å². The molecule has 0 unspecified atom stereocenters. The first kappa shape index (κ1) is 13.6. The Kier molecular flexibility index (Phi) is 3.69. The predicted octanol–water partition coefficient (Wildman–Crippen LogP) is 2.97. The number of ether oxygens (including phenoxy) is 1. The van der Waals surface area contributed by atoms with Gasteiger partial charge in [0.2, 0.25) is 17.4 Å². The molecular weight excluding hydrogens is 286 g/mol. The van der Waals surface area contributed by atoms with Crippen molar-refractivity contribution >= 4 is 11.5 Å². The lowest BCUT2D eigenvalue weighted by Crippen LogP contribution is -1.98. The summed E-state index contributed by atoms with van der Waals surface area (Å²) in [6.07, 6.45) is 3.60. The Hall–Kier alpha value is -3.35. The second kappa shape index (κ2) is 5.96. The monoisotopic (exact) mass is 297 g/mol. The maximum absolute atomic E-state index is 12.1. The molecule has 0 aliphatic heterocycles. The van der Waals surface area contributed by atoms with Crippen molar-refractivity contribution in [3.8, 4) is 11.5 Å². The molecule has 2 aromatic heterocycles. The number of carbonyl (C=O) groups is 1. The Morgan fingerprint density at radius 1 is 1.27 bits per heavy atom. The summed E-state index contributed by atoms with van der Waals surface area (Å²) in [5, 5.41) is 15.9. The number of nitrogens with one attached hydrogen (secondary N) is 1. The molecule has 0 saturated carbocycles. The van der Waals surface area contributed by atoms with E-state index in [1.807, 2.05) is 18.2 Å². The maximum Gasteiger partial charge on any atom is 0.228 e. The zero-order valence-electron chi connectivity index (χ0n) is 11.3. The van der Waals surface area contributed by atoms with Crippen LogP contribution in [0.3, 0.4) is 0 Å². The van der Waals surface area contributed by atoms with Crippen molar-refractivity contribution in [2.75, 3.05) is 0 Å². The summed E-state index contributed by atoms with van der Waals surface area (Å²) in [5.41, 5.74) is 0. The number of aliphatic hydroxyl groups excluding tert-OH is 1. The van der Waals surface area contributed by atoms with Gasteiger partial charge in [0.15, 0.2) is 11.5 Å². The lowest BCUT2D eigenvalue weighted by atomic mass is 10.2. The van der Waals surface area contributed by atoms with E-state index in [2.05, 4.69) is 15.2 Å². The number of rotatable bonds is 5. The number of allylic oxidation sites excluding steroid dienone is 1. The van der Waals surface area contributed by atoms with E-state index in [-0.39, 0.29) is 23.1 Å². The van der Waals surface area contributed by atoms with Crippen LogP contribution in [-0.4, -0.2) is 26.1 Å². The molecule has 22 heavy (non-hydrogen) atoms. The molecule has 7 nitrogen and oxygen atoms in total. The first-order valence-electron chi connectivity index (χ1n) is 6.35. The second-order valence-electron chi connectivity index (χ2n) is 4.25. The number of ketones is 1. The van der Waals surface area contributed by atoms with E-state index in [4.69, 9.17) is 9.15 Å². The smallest absolute Gasteiger partial charge is 0.228 e. The summed E-state index contributed by atoms with van der Waals surface area (Å²) in [5.74, 6) is -0.0988. The molecule has 3 aromatic rings. The molecule has 1 aromatic carbocycles. The number of carbonyl (C=O) groups excluding carboxylic acids is 1. The van der Waals surface area contributed by atoms with Gasteiger partial charge in [-0.1, -0.05) is 18.2 Å². The lowest BCUT2D eigenvalue weighted by Gasteiger charge is -2.03. The Bertz CT molecular complexity index is 791. The molecule has 3 rings (SSSR count). The van der Waals surface area contributed by atoms with E-state index < -0.39 is 5.78 Å². The molecule has 0 amide bonds. The molecule has 0 spiro atoms. The second-order valence-corrected chi connectivity index (χ2v) is 4.25. The Morgan fingerprint density at radius 2 is 2.09 bits per heavy atom. The van der Waals surface area contributed by atoms with Gasteiger partial charge in [-0.25, -0.2) is 4.98 Å². The highest BCUT2D eigenvalue weighted by molar-refractivity contribution is 6.07. The fraction of sp³-hybridized carbons (Fsp3) is 0. The van der Waals surface area contributed by atoms with E-state index in [0.717, 1.165) is 6.08 Å². The average molecular weight is 297 g/mol. The number of furan rings is 1. The fourth-order valence-electron chi connectivity index (χ4n) is 1.76. The van der Waals surface area contributed by atoms with Gasteiger partial charge in [-0.3, -0.25) is 9.89 Å². The molecule has 0 bridgehead atoms. The third-order valence-corrected chi connectivity index (χ3v) is 2.74. The van der Waals surface area contributed by atoms with Crippen LogP contribution in [0.4, 0.5) is 0 Å². The number of hydrogen-bond acceptors (Lipinski definition) is 6. The zero-order valence-corrected chi connectivity index (χ0v) is 11.3. The summed E-state index contributed by atoms with van der Waals surface area (Å²) >= 11 is 0. The van der Waals surface area contributed by atoms with Crippen molar-refractivity contribution in [3.63, 3.8) is 0 Å². The average Bonchev–Trinajstić information content (AvgIpc) is 3.19. The van der Waals surface area contributed by atoms with Crippen LogP contribution in [0.2, 0.25) is 0 Å². The number of aromatic amines is 1. The van der Waals surface area contributed by atoms with Gasteiger partial charge in [-0.15, -0.1) is 0 Å². The Balaban J connectivity index is 1.82. The summed E-state index contributed by atoms with van der Waals surface area (Å²) in [6.45, 7) is 0. The summed E-state index contributed by atoms with van der Waals surface area (Å²) in [6, 6.07) is 10.5. The maximum atomic E-state index is 12.1. The SMILES string of the molecule is O=C(C=C(O)c1nc[nH]n1)c1occc1Oc1ccccc1. The number of aromatic nitrogens is 3. The zero-order chi connectivity index (χ0) is 15.4. The van der Waals surface area contributed by atoms with Gasteiger partial charge < -0.3 is 14.3 Å². The summed E-state index contributed by atoms with van der Waals surface area (Å²) in [4.78, 5) is 15.9. The van der Waals surface area contributed by atoms with E-state index in [0.29, 0.717) is 5.75 Å². The molecule has 0 fully saturated rings. The Morgan fingerprint density at radius 3 is 2.82 bits per heavy atom. The lowest BCUT2D eigenvalue weighted by molar-refractivity contribution is 0.101. The molecule has 0 atom stereocenters. The number of benzene rings is 1. The van der Waals surface area contributed by atoms with Gasteiger partial charge in [0.05, 0.1) is 6.26 Å².